The fourth-order valence-electron chi connectivity index (χ4n) is 0.745. The van der Waals surface area contributed by atoms with Gasteiger partial charge in [-0.05, 0) is 5.56 Å². The highest BCUT2D eigenvalue weighted by atomic mass is 127. The molecule has 0 amide bonds. The SMILES string of the molecule is IC/C=C/c1ccccc1. The maximum absolute atomic E-state index is 2.33. The van der Waals surface area contributed by atoms with Gasteiger partial charge in [0.2, 0.25) is 0 Å². The third-order valence-corrected chi connectivity index (χ3v) is 1.71. The van der Waals surface area contributed by atoms with Crippen LogP contribution in [0, 0.1) is 0 Å². The second-order valence-corrected chi connectivity index (χ2v) is 2.85. The van der Waals surface area contributed by atoms with Gasteiger partial charge in [0.15, 0.2) is 0 Å². The van der Waals surface area contributed by atoms with Crippen LogP contribution >= 0.6 is 22.6 Å². The first-order chi connectivity index (χ1) is 4.93. The van der Waals surface area contributed by atoms with Crippen molar-refractivity contribution >= 4 is 28.7 Å². The number of hydrogen-bond acceptors (Lipinski definition) is 0. The zero-order valence-corrected chi connectivity index (χ0v) is 7.78. The first-order valence-corrected chi connectivity index (χ1v) is 4.73. The van der Waals surface area contributed by atoms with Gasteiger partial charge < -0.3 is 0 Å². The number of rotatable bonds is 2. The number of allylic oxidation sites excluding steroid dienone is 1. The van der Waals surface area contributed by atoms with Crippen molar-refractivity contribution < 1.29 is 0 Å². The molecule has 0 aliphatic rings. The van der Waals surface area contributed by atoms with E-state index in [1.807, 2.05) is 18.2 Å². The molecule has 0 fully saturated rings. The van der Waals surface area contributed by atoms with Crippen LogP contribution in [0.15, 0.2) is 36.4 Å². The maximum atomic E-state index is 2.33. The lowest BCUT2D eigenvalue weighted by Crippen LogP contribution is -1.67. The second kappa shape index (κ2) is 4.50. The standard InChI is InChI=1S/C9H9I/c10-8-4-7-9-5-2-1-3-6-9/h1-7H,8H2/b7-4+. The van der Waals surface area contributed by atoms with Gasteiger partial charge in [-0.1, -0.05) is 65.1 Å². The van der Waals surface area contributed by atoms with E-state index in [4.69, 9.17) is 0 Å². The first kappa shape index (κ1) is 7.79. The fourth-order valence-corrected chi connectivity index (χ4v) is 0.999. The molecule has 1 aromatic carbocycles. The Kier molecular flexibility index (Phi) is 3.50. The number of hydrogen-bond donors (Lipinski definition) is 0. The molecular weight excluding hydrogens is 235 g/mol. The molecule has 0 saturated heterocycles. The van der Waals surface area contributed by atoms with Crippen molar-refractivity contribution in [2.45, 2.75) is 0 Å². The largest absolute Gasteiger partial charge is 0.0818 e. The van der Waals surface area contributed by atoms with Gasteiger partial charge in [0.25, 0.3) is 0 Å². The molecule has 0 unspecified atom stereocenters. The maximum Gasteiger partial charge on any atom is 0.0179 e. The molecule has 0 radical (unpaired) electrons. The normalized spacial score (nSPS) is 10.5. The monoisotopic (exact) mass is 244 g/mol. The van der Waals surface area contributed by atoms with Gasteiger partial charge >= 0.3 is 0 Å². The van der Waals surface area contributed by atoms with Gasteiger partial charge in [0, 0.05) is 4.43 Å². The zero-order valence-electron chi connectivity index (χ0n) is 5.63. The molecule has 0 bridgehead atoms. The number of alkyl halides is 1. The minimum Gasteiger partial charge on any atom is -0.0818 e. The molecular formula is C9H9I. The van der Waals surface area contributed by atoms with Crippen molar-refractivity contribution in [1.82, 2.24) is 0 Å². The van der Waals surface area contributed by atoms with Gasteiger partial charge in [-0.15, -0.1) is 0 Å². The van der Waals surface area contributed by atoms with Gasteiger partial charge in [-0.2, -0.15) is 0 Å². The predicted molar refractivity (Wildman–Crippen MR) is 54.4 cm³/mol. The molecule has 0 aliphatic heterocycles. The molecule has 52 valence electrons. The van der Waals surface area contributed by atoms with Gasteiger partial charge in [-0.3, -0.25) is 0 Å². The van der Waals surface area contributed by atoms with Crippen LogP contribution < -0.4 is 0 Å². The summed E-state index contributed by atoms with van der Waals surface area (Å²) in [4.78, 5) is 0. The molecule has 0 spiro atoms. The van der Waals surface area contributed by atoms with Crippen molar-refractivity contribution in [2.75, 3.05) is 4.43 Å². The van der Waals surface area contributed by atoms with E-state index in [-0.39, 0.29) is 0 Å². The molecule has 1 heteroatoms. The van der Waals surface area contributed by atoms with E-state index in [0.717, 1.165) is 4.43 Å². The summed E-state index contributed by atoms with van der Waals surface area (Å²) in [5, 5.41) is 0. The van der Waals surface area contributed by atoms with Crippen LogP contribution in [0.2, 0.25) is 0 Å². The summed E-state index contributed by atoms with van der Waals surface area (Å²) in [6.45, 7) is 0. The molecule has 0 saturated carbocycles. The molecule has 1 aromatic rings. The van der Waals surface area contributed by atoms with Crippen molar-refractivity contribution in [3.05, 3.63) is 42.0 Å². The fraction of sp³-hybridized carbons (Fsp3) is 0.111. The van der Waals surface area contributed by atoms with Crippen LogP contribution in [0.4, 0.5) is 0 Å². The van der Waals surface area contributed by atoms with Crippen LogP contribution in [0.3, 0.4) is 0 Å². The molecule has 10 heavy (non-hydrogen) atoms. The van der Waals surface area contributed by atoms with Crippen LogP contribution in [-0.4, -0.2) is 4.43 Å². The Morgan fingerprint density at radius 2 is 1.90 bits per heavy atom. The minimum atomic E-state index is 1.08. The molecule has 0 nitrogen and oxygen atoms in total. The molecule has 0 N–H and O–H groups in total. The van der Waals surface area contributed by atoms with Gasteiger partial charge in [0.05, 0.1) is 0 Å². The quantitative estimate of drug-likeness (QED) is 0.553. The Bertz CT molecular complexity index is 201. The smallest absolute Gasteiger partial charge is 0.0179 e. The molecule has 1 rings (SSSR count). The highest BCUT2D eigenvalue weighted by molar-refractivity contribution is 14.1. The summed E-state index contributed by atoms with van der Waals surface area (Å²) in [5.41, 5.74) is 1.28. The lowest BCUT2D eigenvalue weighted by molar-refractivity contribution is 1.65. The Hall–Kier alpha value is -0.310. The Morgan fingerprint density at radius 3 is 2.50 bits per heavy atom. The van der Waals surface area contributed by atoms with E-state index >= 15 is 0 Å². The summed E-state index contributed by atoms with van der Waals surface area (Å²) < 4.78 is 1.08. The van der Waals surface area contributed by atoms with Crippen molar-refractivity contribution in [3.8, 4) is 0 Å². The van der Waals surface area contributed by atoms with E-state index in [1.54, 1.807) is 0 Å². The Morgan fingerprint density at radius 1 is 1.20 bits per heavy atom. The highest BCUT2D eigenvalue weighted by Crippen LogP contribution is 2.00. The summed E-state index contributed by atoms with van der Waals surface area (Å²) in [6.07, 6.45) is 4.28. The van der Waals surface area contributed by atoms with Crippen molar-refractivity contribution in [2.24, 2.45) is 0 Å². The van der Waals surface area contributed by atoms with E-state index < -0.39 is 0 Å². The Labute approximate surface area is 75.1 Å². The number of halogens is 1. The van der Waals surface area contributed by atoms with Gasteiger partial charge in [0.1, 0.15) is 0 Å². The van der Waals surface area contributed by atoms with E-state index in [1.165, 1.54) is 5.56 Å². The zero-order chi connectivity index (χ0) is 7.23. The third kappa shape index (κ3) is 2.52. The lowest BCUT2D eigenvalue weighted by atomic mass is 10.2. The average molecular weight is 244 g/mol. The van der Waals surface area contributed by atoms with E-state index in [2.05, 4.69) is 46.9 Å². The first-order valence-electron chi connectivity index (χ1n) is 3.21. The topological polar surface area (TPSA) is 0 Å². The number of benzene rings is 1. The summed E-state index contributed by atoms with van der Waals surface area (Å²) in [5.74, 6) is 0. The molecule has 0 atom stereocenters. The minimum absolute atomic E-state index is 1.08. The Balaban J connectivity index is 2.67. The predicted octanol–water partition coefficient (Wildman–Crippen LogP) is 3.13. The van der Waals surface area contributed by atoms with Crippen LogP contribution in [0.5, 0.6) is 0 Å². The molecule has 0 heterocycles. The van der Waals surface area contributed by atoms with Crippen LogP contribution in [-0.2, 0) is 0 Å². The second-order valence-electron chi connectivity index (χ2n) is 1.97. The molecule has 0 aromatic heterocycles. The highest BCUT2D eigenvalue weighted by Gasteiger charge is 1.79. The van der Waals surface area contributed by atoms with Crippen molar-refractivity contribution in [3.63, 3.8) is 0 Å². The molecule has 0 aliphatic carbocycles. The van der Waals surface area contributed by atoms with Crippen LogP contribution in [0.1, 0.15) is 5.56 Å². The summed E-state index contributed by atoms with van der Waals surface area (Å²) in [6, 6.07) is 10.3. The lowest BCUT2D eigenvalue weighted by Gasteiger charge is -1.88. The van der Waals surface area contributed by atoms with Crippen LogP contribution in [0.25, 0.3) is 6.08 Å². The van der Waals surface area contributed by atoms with E-state index in [0.29, 0.717) is 0 Å². The third-order valence-electron chi connectivity index (χ3n) is 1.20. The van der Waals surface area contributed by atoms with Gasteiger partial charge in [-0.25, -0.2) is 0 Å². The summed E-state index contributed by atoms with van der Waals surface area (Å²) in [7, 11) is 0. The van der Waals surface area contributed by atoms with E-state index in [9.17, 15) is 0 Å². The summed E-state index contributed by atoms with van der Waals surface area (Å²) >= 11 is 2.33. The van der Waals surface area contributed by atoms with Crippen molar-refractivity contribution in [1.29, 1.82) is 0 Å². The average Bonchev–Trinajstić information content (AvgIpc) is 2.03.